The largest absolute Gasteiger partial charge is 0.493 e. The highest BCUT2D eigenvalue weighted by Gasteiger charge is 2.47. The van der Waals surface area contributed by atoms with Gasteiger partial charge in [0.25, 0.3) is 5.91 Å². The predicted molar refractivity (Wildman–Crippen MR) is 118 cm³/mol. The molecule has 3 rings (SSSR count). The maximum Gasteiger partial charge on any atom is 0.329 e. The first-order chi connectivity index (χ1) is 14.8. The van der Waals surface area contributed by atoms with E-state index in [1.54, 1.807) is 6.92 Å². The monoisotopic (exact) mass is 426 g/mol. The Morgan fingerprint density at radius 1 is 1.10 bits per heavy atom. The van der Waals surface area contributed by atoms with E-state index in [0.717, 1.165) is 41.0 Å². The van der Waals surface area contributed by atoms with Crippen molar-refractivity contribution in [2.75, 3.05) is 11.5 Å². The Morgan fingerprint density at radius 3 is 2.39 bits per heavy atom. The molecule has 0 radical (unpaired) electrons. The van der Waals surface area contributed by atoms with Gasteiger partial charge in [-0.3, -0.25) is 4.79 Å². The number of benzene rings is 1. The minimum Gasteiger partial charge on any atom is -0.493 e. The Kier molecular flexibility index (Phi) is 6.77. The van der Waals surface area contributed by atoms with Gasteiger partial charge in [-0.15, -0.1) is 0 Å². The molecule has 0 saturated carbocycles. The van der Waals surface area contributed by atoms with Crippen LogP contribution in [0, 0.1) is 6.92 Å². The molecule has 1 aliphatic rings. The summed E-state index contributed by atoms with van der Waals surface area (Å²) in [5.41, 5.74) is 1.49. The van der Waals surface area contributed by atoms with Crippen LogP contribution in [-0.4, -0.2) is 34.1 Å². The van der Waals surface area contributed by atoms with Crippen molar-refractivity contribution in [2.45, 2.75) is 65.8 Å². The van der Waals surface area contributed by atoms with Crippen LogP contribution in [0.2, 0.25) is 0 Å². The molecule has 1 atom stereocenters. The number of amides is 3. The second-order valence-electron chi connectivity index (χ2n) is 7.84. The highest BCUT2D eigenvalue weighted by Crippen LogP contribution is 2.33. The fourth-order valence-electron chi connectivity index (χ4n) is 3.43. The molecule has 2 aromatic rings. The van der Waals surface area contributed by atoms with Crippen molar-refractivity contribution < 1.29 is 19.1 Å². The van der Waals surface area contributed by atoms with E-state index in [1.807, 2.05) is 26.8 Å². The summed E-state index contributed by atoms with van der Waals surface area (Å²) in [5, 5.41) is 2.72. The van der Waals surface area contributed by atoms with Crippen LogP contribution in [0.3, 0.4) is 0 Å². The van der Waals surface area contributed by atoms with Gasteiger partial charge in [0.15, 0.2) is 0 Å². The minimum absolute atomic E-state index is 0.137. The molecule has 8 nitrogen and oxygen atoms in total. The number of aromatic nitrogens is 2. The molecule has 2 heterocycles. The average molecular weight is 427 g/mol. The Hall–Kier alpha value is -3.16. The number of carbonyl (C=O) groups is 2. The Balaban J connectivity index is 1.85. The van der Waals surface area contributed by atoms with E-state index in [-0.39, 0.29) is 11.9 Å². The number of aryl methyl sites for hydroxylation is 2. The van der Waals surface area contributed by atoms with Gasteiger partial charge in [-0.25, -0.2) is 19.7 Å². The van der Waals surface area contributed by atoms with Crippen LogP contribution in [0.4, 0.5) is 10.5 Å². The number of anilines is 1. The Labute approximate surface area is 183 Å². The summed E-state index contributed by atoms with van der Waals surface area (Å²) in [7, 11) is 0. The van der Waals surface area contributed by atoms with Crippen LogP contribution in [0.5, 0.6) is 17.5 Å². The van der Waals surface area contributed by atoms with Crippen molar-refractivity contribution in [2.24, 2.45) is 0 Å². The number of hydrogen-bond acceptors (Lipinski definition) is 6. The second kappa shape index (κ2) is 9.32. The molecule has 0 spiro atoms. The van der Waals surface area contributed by atoms with Gasteiger partial charge in [-0.1, -0.05) is 20.3 Å². The third-order valence-corrected chi connectivity index (χ3v) is 5.50. The molecule has 1 aromatic heterocycles. The summed E-state index contributed by atoms with van der Waals surface area (Å²) in [6.45, 7) is 10.2. The Morgan fingerprint density at radius 2 is 1.81 bits per heavy atom. The number of imide groups is 1. The molecular weight excluding hydrogens is 396 g/mol. The first-order valence-corrected chi connectivity index (χ1v) is 10.8. The molecule has 1 fully saturated rings. The van der Waals surface area contributed by atoms with Gasteiger partial charge in [0.2, 0.25) is 0 Å². The van der Waals surface area contributed by atoms with Crippen LogP contribution in [0.15, 0.2) is 24.5 Å². The number of nitrogens with one attached hydrogen (secondary N) is 1. The van der Waals surface area contributed by atoms with Crippen LogP contribution >= 0.6 is 0 Å². The zero-order chi connectivity index (χ0) is 22.6. The van der Waals surface area contributed by atoms with Crippen LogP contribution < -0.4 is 19.7 Å². The quantitative estimate of drug-likeness (QED) is 0.592. The number of rotatable bonds is 9. The summed E-state index contributed by atoms with van der Waals surface area (Å²) >= 11 is 0. The van der Waals surface area contributed by atoms with E-state index in [0.29, 0.717) is 24.5 Å². The van der Waals surface area contributed by atoms with E-state index >= 15 is 0 Å². The highest BCUT2D eigenvalue weighted by atomic mass is 16.5. The van der Waals surface area contributed by atoms with Crippen molar-refractivity contribution in [1.82, 2.24) is 15.3 Å². The lowest BCUT2D eigenvalue weighted by atomic mass is 9.99. The third kappa shape index (κ3) is 4.62. The number of ether oxygens (including phenoxy) is 2. The predicted octanol–water partition coefficient (Wildman–Crippen LogP) is 4.54. The fourth-order valence-corrected chi connectivity index (χ4v) is 3.43. The minimum atomic E-state index is -0.919. The normalized spacial score (nSPS) is 18.3. The molecule has 1 unspecified atom stereocenters. The van der Waals surface area contributed by atoms with Gasteiger partial charge < -0.3 is 14.8 Å². The molecule has 1 aromatic carbocycles. The first-order valence-electron chi connectivity index (χ1n) is 10.8. The van der Waals surface area contributed by atoms with Crippen molar-refractivity contribution in [1.29, 1.82) is 0 Å². The molecule has 1 aliphatic heterocycles. The van der Waals surface area contributed by atoms with E-state index in [2.05, 4.69) is 28.3 Å². The number of carbonyl (C=O) groups excluding carboxylic acids is 2. The molecule has 1 N–H and O–H groups in total. The fraction of sp³-hybridized carbons (Fsp3) is 0.478. The van der Waals surface area contributed by atoms with E-state index in [1.165, 1.54) is 12.4 Å². The van der Waals surface area contributed by atoms with Crippen molar-refractivity contribution >= 4 is 17.6 Å². The summed E-state index contributed by atoms with van der Waals surface area (Å²) < 4.78 is 11.7. The molecule has 8 heteroatoms. The summed E-state index contributed by atoms with van der Waals surface area (Å²) in [5.74, 6) is 1.08. The molecule has 3 amide bonds. The maximum atomic E-state index is 12.7. The molecule has 0 bridgehead atoms. The van der Waals surface area contributed by atoms with Crippen LogP contribution in [-0.2, 0) is 11.2 Å². The lowest BCUT2D eigenvalue weighted by Crippen LogP contribution is -2.43. The third-order valence-electron chi connectivity index (χ3n) is 5.50. The van der Waals surface area contributed by atoms with Gasteiger partial charge in [0.1, 0.15) is 17.0 Å². The van der Waals surface area contributed by atoms with Gasteiger partial charge in [-0.2, -0.15) is 0 Å². The SMILES string of the molecule is CCCCc1cc(C)c(OCC)cc1Oc1ncc(N2C(=O)NC(C)(CC)C2=O)cn1. The van der Waals surface area contributed by atoms with Gasteiger partial charge in [0.05, 0.1) is 24.7 Å². The zero-order valence-corrected chi connectivity index (χ0v) is 18.8. The van der Waals surface area contributed by atoms with Crippen molar-refractivity contribution in [3.05, 3.63) is 35.7 Å². The number of urea groups is 1. The van der Waals surface area contributed by atoms with Gasteiger partial charge >= 0.3 is 12.0 Å². The van der Waals surface area contributed by atoms with Gasteiger partial charge in [0, 0.05) is 6.07 Å². The Bertz CT molecular complexity index is 961. The molecular formula is C23H30N4O4. The van der Waals surface area contributed by atoms with Crippen LogP contribution in [0.25, 0.3) is 0 Å². The molecule has 31 heavy (non-hydrogen) atoms. The molecule has 0 aliphatic carbocycles. The topological polar surface area (TPSA) is 93.7 Å². The lowest BCUT2D eigenvalue weighted by molar-refractivity contribution is -0.121. The lowest BCUT2D eigenvalue weighted by Gasteiger charge is -2.19. The summed E-state index contributed by atoms with van der Waals surface area (Å²) in [6.07, 6.45) is 6.31. The van der Waals surface area contributed by atoms with E-state index < -0.39 is 11.6 Å². The van der Waals surface area contributed by atoms with Gasteiger partial charge in [-0.05, 0) is 57.2 Å². The number of hydrogen-bond donors (Lipinski definition) is 1. The van der Waals surface area contributed by atoms with Crippen molar-refractivity contribution in [3.63, 3.8) is 0 Å². The van der Waals surface area contributed by atoms with Crippen molar-refractivity contribution in [3.8, 4) is 17.5 Å². The van der Waals surface area contributed by atoms with E-state index in [9.17, 15) is 9.59 Å². The summed E-state index contributed by atoms with van der Waals surface area (Å²) in [6, 6.07) is 3.60. The van der Waals surface area contributed by atoms with E-state index in [4.69, 9.17) is 9.47 Å². The average Bonchev–Trinajstić information content (AvgIpc) is 2.98. The summed E-state index contributed by atoms with van der Waals surface area (Å²) in [4.78, 5) is 34.5. The number of nitrogens with zero attached hydrogens (tertiary/aromatic N) is 3. The first kappa shape index (κ1) is 22.5. The van der Waals surface area contributed by atoms with Crippen LogP contribution in [0.1, 0.15) is 58.1 Å². The maximum absolute atomic E-state index is 12.7. The standard InChI is InChI=1S/C23H30N4O4/c1-6-9-10-16-11-15(4)18(30-8-3)12-19(16)31-21-24-13-17(14-25-21)27-20(28)23(5,7-2)26-22(27)29/h11-14H,6-10H2,1-5H3,(H,26,29). The zero-order valence-electron chi connectivity index (χ0n) is 18.8. The molecule has 1 saturated heterocycles. The number of unbranched alkanes of at least 4 members (excludes halogenated alkanes) is 1. The highest BCUT2D eigenvalue weighted by molar-refractivity contribution is 6.23. The smallest absolute Gasteiger partial charge is 0.329 e. The molecule has 166 valence electrons. The second-order valence-corrected chi connectivity index (χ2v) is 7.84.